The second-order valence-corrected chi connectivity index (χ2v) is 6.12. The second kappa shape index (κ2) is 5.33. The Balaban J connectivity index is 1.91. The van der Waals surface area contributed by atoms with Crippen molar-refractivity contribution in [1.29, 1.82) is 0 Å². The highest BCUT2D eigenvalue weighted by Gasteiger charge is 2.05. The van der Waals surface area contributed by atoms with E-state index in [0.717, 1.165) is 21.6 Å². The van der Waals surface area contributed by atoms with Gasteiger partial charge in [-0.15, -0.1) is 11.3 Å². The summed E-state index contributed by atoms with van der Waals surface area (Å²) in [6.45, 7) is 0.601. The standard InChI is InChI=1S/C13H9Cl2N3S/c14-9-4-8-2-1-3-16-13(8)10(5-9)17-7-12-18-6-11(15)19-12/h1-6,17H,7H2. The first-order valence-electron chi connectivity index (χ1n) is 5.61. The third kappa shape index (κ3) is 2.81. The molecule has 0 radical (unpaired) electrons. The number of benzene rings is 1. The normalized spacial score (nSPS) is 10.8. The van der Waals surface area contributed by atoms with Crippen LogP contribution in [0.15, 0.2) is 36.7 Å². The lowest BCUT2D eigenvalue weighted by molar-refractivity contribution is 1.10. The minimum absolute atomic E-state index is 0.601. The first-order valence-corrected chi connectivity index (χ1v) is 7.18. The molecule has 0 atom stereocenters. The average molecular weight is 310 g/mol. The van der Waals surface area contributed by atoms with Crippen molar-refractivity contribution in [2.24, 2.45) is 0 Å². The molecule has 3 nitrogen and oxygen atoms in total. The minimum atomic E-state index is 0.601. The fourth-order valence-corrected chi connectivity index (χ4v) is 2.95. The van der Waals surface area contributed by atoms with Crippen LogP contribution in [0.2, 0.25) is 9.36 Å². The van der Waals surface area contributed by atoms with Gasteiger partial charge in [-0.3, -0.25) is 4.98 Å². The van der Waals surface area contributed by atoms with Gasteiger partial charge in [-0.05, 0) is 18.2 Å². The number of anilines is 1. The van der Waals surface area contributed by atoms with Gasteiger partial charge in [0.05, 0.1) is 23.9 Å². The third-order valence-electron chi connectivity index (χ3n) is 2.63. The van der Waals surface area contributed by atoms with Crippen LogP contribution in [0.4, 0.5) is 5.69 Å². The number of nitrogens with one attached hydrogen (secondary N) is 1. The second-order valence-electron chi connectivity index (χ2n) is 3.94. The Hall–Kier alpha value is -1.36. The van der Waals surface area contributed by atoms with Gasteiger partial charge in [0.15, 0.2) is 0 Å². The van der Waals surface area contributed by atoms with Crippen LogP contribution < -0.4 is 5.32 Å². The molecule has 0 saturated carbocycles. The fourth-order valence-electron chi connectivity index (χ4n) is 1.83. The highest BCUT2D eigenvalue weighted by Crippen LogP contribution is 2.27. The van der Waals surface area contributed by atoms with E-state index in [9.17, 15) is 0 Å². The summed E-state index contributed by atoms with van der Waals surface area (Å²) in [6.07, 6.45) is 3.42. The number of hydrogen-bond donors (Lipinski definition) is 1. The molecule has 19 heavy (non-hydrogen) atoms. The molecule has 0 aliphatic rings. The molecule has 96 valence electrons. The molecule has 3 rings (SSSR count). The van der Waals surface area contributed by atoms with Gasteiger partial charge in [0, 0.05) is 16.6 Å². The smallest absolute Gasteiger partial charge is 0.113 e. The van der Waals surface area contributed by atoms with E-state index in [0.29, 0.717) is 15.9 Å². The van der Waals surface area contributed by atoms with Gasteiger partial charge in [0.25, 0.3) is 0 Å². The Morgan fingerprint density at radius 2 is 2.11 bits per heavy atom. The quantitative estimate of drug-likeness (QED) is 0.767. The van der Waals surface area contributed by atoms with Crippen molar-refractivity contribution >= 4 is 51.1 Å². The molecule has 0 bridgehead atoms. The van der Waals surface area contributed by atoms with E-state index in [-0.39, 0.29) is 0 Å². The Kier molecular flexibility index (Phi) is 3.55. The first kappa shape index (κ1) is 12.7. The van der Waals surface area contributed by atoms with Gasteiger partial charge in [-0.25, -0.2) is 4.98 Å². The van der Waals surface area contributed by atoms with Crippen LogP contribution in [0.3, 0.4) is 0 Å². The SMILES string of the molecule is Clc1cc(NCc2ncc(Cl)s2)c2ncccc2c1. The van der Waals surface area contributed by atoms with Gasteiger partial charge in [-0.2, -0.15) is 0 Å². The third-order valence-corrected chi connectivity index (χ3v) is 3.96. The number of nitrogens with zero attached hydrogens (tertiary/aromatic N) is 2. The van der Waals surface area contributed by atoms with Gasteiger partial charge >= 0.3 is 0 Å². The van der Waals surface area contributed by atoms with Crippen molar-refractivity contribution in [3.05, 3.63) is 51.0 Å². The average Bonchev–Trinajstić information content (AvgIpc) is 2.81. The molecular weight excluding hydrogens is 301 g/mol. The van der Waals surface area contributed by atoms with Crippen LogP contribution in [0.5, 0.6) is 0 Å². The molecule has 0 saturated heterocycles. The predicted octanol–water partition coefficient (Wildman–Crippen LogP) is 4.61. The summed E-state index contributed by atoms with van der Waals surface area (Å²) in [5, 5.41) is 5.92. The number of fused-ring (bicyclic) bond motifs is 1. The van der Waals surface area contributed by atoms with E-state index >= 15 is 0 Å². The lowest BCUT2D eigenvalue weighted by Crippen LogP contribution is -2.00. The van der Waals surface area contributed by atoms with Crippen LogP contribution in [-0.4, -0.2) is 9.97 Å². The monoisotopic (exact) mass is 309 g/mol. The van der Waals surface area contributed by atoms with Crippen LogP contribution in [0, 0.1) is 0 Å². The molecule has 6 heteroatoms. The summed E-state index contributed by atoms with van der Waals surface area (Å²) in [5.74, 6) is 0. The number of halogens is 2. The van der Waals surface area contributed by atoms with Crippen molar-refractivity contribution in [2.45, 2.75) is 6.54 Å². The van der Waals surface area contributed by atoms with Gasteiger partial charge in [0.1, 0.15) is 9.34 Å². The van der Waals surface area contributed by atoms with E-state index in [1.54, 1.807) is 12.4 Å². The van der Waals surface area contributed by atoms with Crippen molar-refractivity contribution in [3.8, 4) is 0 Å². The lowest BCUT2D eigenvalue weighted by atomic mass is 10.2. The highest BCUT2D eigenvalue weighted by molar-refractivity contribution is 7.15. The Bertz CT molecular complexity index is 727. The largest absolute Gasteiger partial charge is 0.377 e. The molecule has 2 heterocycles. The van der Waals surface area contributed by atoms with E-state index in [4.69, 9.17) is 23.2 Å². The lowest BCUT2D eigenvalue weighted by Gasteiger charge is -2.08. The van der Waals surface area contributed by atoms with E-state index in [1.807, 2.05) is 24.3 Å². The van der Waals surface area contributed by atoms with E-state index in [1.165, 1.54) is 11.3 Å². The number of pyridine rings is 1. The van der Waals surface area contributed by atoms with Gasteiger partial charge in [-0.1, -0.05) is 29.3 Å². The molecule has 0 aliphatic carbocycles. The number of hydrogen-bond acceptors (Lipinski definition) is 4. The zero-order valence-electron chi connectivity index (χ0n) is 9.73. The summed E-state index contributed by atoms with van der Waals surface area (Å²) in [5.41, 5.74) is 1.80. The van der Waals surface area contributed by atoms with E-state index < -0.39 is 0 Å². The summed E-state index contributed by atoms with van der Waals surface area (Å²) >= 11 is 13.4. The Morgan fingerprint density at radius 3 is 2.89 bits per heavy atom. The zero-order valence-corrected chi connectivity index (χ0v) is 12.1. The molecule has 3 aromatic rings. The van der Waals surface area contributed by atoms with Crippen molar-refractivity contribution < 1.29 is 0 Å². The molecule has 0 spiro atoms. The maximum Gasteiger partial charge on any atom is 0.113 e. The Labute approximate surface area is 124 Å². The molecule has 1 N–H and O–H groups in total. The van der Waals surface area contributed by atoms with Crippen molar-refractivity contribution in [3.63, 3.8) is 0 Å². The fraction of sp³-hybridized carbons (Fsp3) is 0.0769. The summed E-state index contributed by atoms with van der Waals surface area (Å²) < 4.78 is 0.686. The van der Waals surface area contributed by atoms with Crippen LogP contribution in [-0.2, 0) is 6.54 Å². The maximum absolute atomic E-state index is 6.11. The maximum atomic E-state index is 6.11. The van der Waals surface area contributed by atoms with Crippen molar-refractivity contribution in [1.82, 2.24) is 9.97 Å². The molecular formula is C13H9Cl2N3S. The predicted molar refractivity (Wildman–Crippen MR) is 81.2 cm³/mol. The van der Waals surface area contributed by atoms with Crippen molar-refractivity contribution in [2.75, 3.05) is 5.32 Å². The van der Waals surface area contributed by atoms with Crippen LogP contribution in [0.25, 0.3) is 10.9 Å². The molecule has 1 aromatic carbocycles. The van der Waals surface area contributed by atoms with E-state index in [2.05, 4.69) is 15.3 Å². The molecule has 0 amide bonds. The number of rotatable bonds is 3. The summed E-state index contributed by atoms with van der Waals surface area (Å²) in [7, 11) is 0. The van der Waals surface area contributed by atoms with Crippen LogP contribution in [0.1, 0.15) is 5.01 Å². The molecule has 0 aliphatic heterocycles. The van der Waals surface area contributed by atoms with Gasteiger partial charge < -0.3 is 5.32 Å². The molecule has 0 fully saturated rings. The van der Waals surface area contributed by atoms with Gasteiger partial charge in [0.2, 0.25) is 0 Å². The Morgan fingerprint density at radius 1 is 1.21 bits per heavy atom. The zero-order chi connectivity index (χ0) is 13.2. The summed E-state index contributed by atoms with van der Waals surface area (Å²) in [4.78, 5) is 8.58. The topological polar surface area (TPSA) is 37.8 Å². The first-order chi connectivity index (χ1) is 9.22. The molecule has 2 aromatic heterocycles. The minimum Gasteiger partial charge on any atom is -0.377 e. The molecule has 0 unspecified atom stereocenters. The summed E-state index contributed by atoms with van der Waals surface area (Å²) in [6, 6.07) is 7.64. The van der Waals surface area contributed by atoms with Crippen LogP contribution >= 0.6 is 34.5 Å². The highest BCUT2D eigenvalue weighted by atomic mass is 35.5. The number of aromatic nitrogens is 2. The number of thiazole rings is 1.